The highest BCUT2D eigenvalue weighted by atomic mass is 32.2. The minimum absolute atomic E-state index is 0.349. The van der Waals surface area contributed by atoms with Crippen LogP contribution in [0, 0.1) is 5.92 Å². The van der Waals surface area contributed by atoms with Gasteiger partial charge in [0.25, 0.3) is 0 Å². The maximum Gasteiger partial charge on any atom is 0.245 e. The molecule has 2 heterocycles. The van der Waals surface area contributed by atoms with Crippen molar-refractivity contribution in [2.45, 2.75) is 24.7 Å². The van der Waals surface area contributed by atoms with Crippen LogP contribution in [0.4, 0.5) is 5.69 Å². The van der Waals surface area contributed by atoms with E-state index in [0.29, 0.717) is 35.0 Å². The molecule has 1 saturated heterocycles. The zero-order chi connectivity index (χ0) is 14.3. The van der Waals surface area contributed by atoms with Crippen LogP contribution in [-0.2, 0) is 10.0 Å². The molecule has 3 rings (SSSR count). The molecule has 1 aliphatic heterocycles. The van der Waals surface area contributed by atoms with Gasteiger partial charge in [-0.2, -0.15) is 4.31 Å². The maximum atomic E-state index is 12.8. The van der Waals surface area contributed by atoms with Crippen LogP contribution >= 0.6 is 0 Å². The Bertz CT molecular complexity index is 736. The molecule has 20 heavy (non-hydrogen) atoms. The molecule has 5 nitrogen and oxygen atoms in total. The van der Waals surface area contributed by atoms with Gasteiger partial charge in [0.2, 0.25) is 10.0 Å². The van der Waals surface area contributed by atoms with E-state index in [1.54, 1.807) is 28.7 Å². The minimum atomic E-state index is -3.43. The van der Waals surface area contributed by atoms with Crippen LogP contribution < -0.4 is 5.73 Å². The molecule has 3 N–H and O–H groups in total. The predicted octanol–water partition coefficient (Wildman–Crippen LogP) is 2.17. The number of nitrogens with two attached hydrogens (primary N) is 1. The predicted molar refractivity (Wildman–Crippen MR) is 79.9 cm³/mol. The third-order valence-electron chi connectivity index (χ3n) is 3.91. The maximum absolute atomic E-state index is 12.8. The molecule has 1 aliphatic rings. The molecular formula is C14H19N3O2S. The Morgan fingerprint density at radius 2 is 2.20 bits per heavy atom. The summed E-state index contributed by atoms with van der Waals surface area (Å²) in [6, 6.07) is 5.25. The summed E-state index contributed by atoms with van der Waals surface area (Å²) in [5, 5.41) is 0.706. The van der Waals surface area contributed by atoms with Crippen LogP contribution in [0.3, 0.4) is 0 Å². The van der Waals surface area contributed by atoms with E-state index in [1.165, 1.54) is 0 Å². The number of fused-ring (bicyclic) bond motifs is 1. The second kappa shape index (κ2) is 4.79. The number of anilines is 1. The molecule has 0 aliphatic carbocycles. The molecule has 0 amide bonds. The van der Waals surface area contributed by atoms with Crippen LogP contribution in [0.15, 0.2) is 29.3 Å². The van der Waals surface area contributed by atoms with Gasteiger partial charge in [0.05, 0.1) is 0 Å². The Morgan fingerprint density at radius 1 is 1.40 bits per heavy atom. The quantitative estimate of drug-likeness (QED) is 0.833. The highest BCUT2D eigenvalue weighted by Crippen LogP contribution is 2.29. The number of aromatic amines is 1. The largest absolute Gasteiger partial charge is 0.399 e. The monoisotopic (exact) mass is 293 g/mol. The molecule has 0 spiro atoms. The Kier molecular flexibility index (Phi) is 3.22. The van der Waals surface area contributed by atoms with Gasteiger partial charge in [0, 0.05) is 35.9 Å². The normalized spacial score (nSPS) is 21.4. The van der Waals surface area contributed by atoms with Crippen molar-refractivity contribution >= 4 is 26.6 Å². The average molecular weight is 293 g/mol. The van der Waals surface area contributed by atoms with Gasteiger partial charge in [-0.15, -0.1) is 0 Å². The Labute approximate surface area is 118 Å². The molecule has 0 radical (unpaired) electrons. The smallest absolute Gasteiger partial charge is 0.245 e. The number of aromatic nitrogens is 1. The van der Waals surface area contributed by atoms with Crippen molar-refractivity contribution in [1.29, 1.82) is 0 Å². The van der Waals surface area contributed by atoms with E-state index in [1.807, 2.05) is 0 Å². The molecule has 2 aromatic rings. The number of nitrogens with one attached hydrogen (secondary N) is 1. The molecule has 108 valence electrons. The number of sulfonamides is 1. The lowest BCUT2D eigenvalue weighted by Gasteiger charge is -2.29. The number of piperidine rings is 1. The summed E-state index contributed by atoms with van der Waals surface area (Å²) in [5.41, 5.74) is 7.10. The van der Waals surface area contributed by atoms with Crippen LogP contribution in [0.1, 0.15) is 19.8 Å². The molecule has 1 aromatic heterocycles. The van der Waals surface area contributed by atoms with E-state index in [9.17, 15) is 8.42 Å². The van der Waals surface area contributed by atoms with E-state index < -0.39 is 10.0 Å². The number of H-pyrrole nitrogens is 1. The SMILES string of the molecule is CC1CCCN(S(=O)(=O)c2c[nH]c3cc(N)ccc23)C1. The first kappa shape index (κ1) is 13.5. The summed E-state index contributed by atoms with van der Waals surface area (Å²) in [4.78, 5) is 3.35. The van der Waals surface area contributed by atoms with Crippen LogP contribution in [0.2, 0.25) is 0 Å². The lowest BCUT2D eigenvalue weighted by atomic mass is 10.0. The van der Waals surface area contributed by atoms with Crippen molar-refractivity contribution in [2.24, 2.45) is 5.92 Å². The molecule has 1 aromatic carbocycles. The molecular weight excluding hydrogens is 274 g/mol. The van der Waals surface area contributed by atoms with Crippen molar-refractivity contribution in [1.82, 2.24) is 9.29 Å². The van der Waals surface area contributed by atoms with Crippen molar-refractivity contribution in [3.05, 3.63) is 24.4 Å². The van der Waals surface area contributed by atoms with Crippen LogP contribution in [-0.4, -0.2) is 30.8 Å². The van der Waals surface area contributed by atoms with Gasteiger partial charge < -0.3 is 10.7 Å². The lowest BCUT2D eigenvalue weighted by Crippen LogP contribution is -2.38. The fourth-order valence-electron chi connectivity index (χ4n) is 2.83. The van der Waals surface area contributed by atoms with E-state index in [0.717, 1.165) is 18.4 Å². The minimum Gasteiger partial charge on any atom is -0.399 e. The first-order chi connectivity index (χ1) is 9.48. The first-order valence-electron chi connectivity index (χ1n) is 6.85. The number of hydrogen-bond donors (Lipinski definition) is 2. The van der Waals surface area contributed by atoms with Gasteiger partial charge >= 0.3 is 0 Å². The lowest BCUT2D eigenvalue weighted by molar-refractivity contribution is 0.281. The van der Waals surface area contributed by atoms with Gasteiger partial charge in [-0.3, -0.25) is 0 Å². The van der Waals surface area contributed by atoms with E-state index in [-0.39, 0.29) is 0 Å². The third-order valence-corrected chi connectivity index (χ3v) is 5.81. The van der Waals surface area contributed by atoms with Crippen molar-refractivity contribution < 1.29 is 8.42 Å². The zero-order valence-electron chi connectivity index (χ0n) is 11.5. The Morgan fingerprint density at radius 3 is 2.95 bits per heavy atom. The fraction of sp³-hybridized carbons (Fsp3) is 0.429. The van der Waals surface area contributed by atoms with Crippen LogP contribution in [0.5, 0.6) is 0 Å². The summed E-state index contributed by atoms with van der Waals surface area (Å²) in [5.74, 6) is 0.416. The highest BCUT2D eigenvalue weighted by molar-refractivity contribution is 7.89. The van der Waals surface area contributed by atoms with E-state index in [2.05, 4.69) is 11.9 Å². The molecule has 1 fully saturated rings. The third kappa shape index (κ3) is 2.19. The van der Waals surface area contributed by atoms with Gasteiger partial charge in [-0.25, -0.2) is 8.42 Å². The number of hydrogen-bond acceptors (Lipinski definition) is 3. The number of benzene rings is 1. The molecule has 0 saturated carbocycles. The standard InChI is InChI=1S/C14H19N3O2S/c1-10-3-2-6-17(9-10)20(18,19)14-8-16-13-7-11(15)4-5-12(13)14/h4-5,7-8,10,16H,2-3,6,9,15H2,1H3. The van der Waals surface area contributed by atoms with Crippen molar-refractivity contribution in [3.8, 4) is 0 Å². The highest BCUT2D eigenvalue weighted by Gasteiger charge is 2.30. The Hall–Kier alpha value is -1.53. The molecule has 1 atom stereocenters. The second-order valence-electron chi connectivity index (χ2n) is 5.57. The fourth-order valence-corrected chi connectivity index (χ4v) is 4.60. The summed E-state index contributed by atoms with van der Waals surface area (Å²) >= 11 is 0. The summed E-state index contributed by atoms with van der Waals surface area (Å²) in [6.45, 7) is 3.30. The number of rotatable bonds is 2. The zero-order valence-corrected chi connectivity index (χ0v) is 12.3. The Balaban J connectivity index is 2.05. The number of nitrogens with zero attached hydrogens (tertiary/aromatic N) is 1. The van der Waals surface area contributed by atoms with Crippen molar-refractivity contribution in [3.63, 3.8) is 0 Å². The van der Waals surface area contributed by atoms with Gasteiger partial charge in [-0.05, 0) is 37.0 Å². The second-order valence-corrected chi connectivity index (χ2v) is 7.47. The number of nitrogen functional groups attached to an aromatic ring is 1. The van der Waals surface area contributed by atoms with Crippen molar-refractivity contribution in [2.75, 3.05) is 18.8 Å². The first-order valence-corrected chi connectivity index (χ1v) is 8.29. The van der Waals surface area contributed by atoms with Gasteiger partial charge in [0.1, 0.15) is 4.90 Å². The summed E-state index contributed by atoms with van der Waals surface area (Å²) in [6.07, 6.45) is 3.59. The average Bonchev–Trinajstić information content (AvgIpc) is 2.82. The van der Waals surface area contributed by atoms with Gasteiger partial charge in [-0.1, -0.05) is 6.92 Å². The topological polar surface area (TPSA) is 79.2 Å². The molecule has 6 heteroatoms. The summed E-state index contributed by atoms with van der Waals surface area (Å²) in [7, 11) is -3.43. The van der Waals surface area contributed by atoms with E-state index >= 15 is 0 Å². The van der Waals surface area contributed by atoms with E-state index in [4.69, 9.17) is 5.73 Å². The van der Waals surface area contributed by atoms with Crippen LogP contribution in [0.25, 0.3) is 10.9 Å². The van der Waals surface area contributed by atoms with Gasteiger partial charge in [0.15, 0.2) is 0 Å². The molecule has 1 unspecified atom stereocenters. The molecule has 0 bridgehead atoms. The summed E-state index contributed by atoms with van der Waals surface area (Å²) < 4.78 is 27.1.